The minimum atomic E-state index is -0.993. The number of methoxy groups -OCH3 is 1. The summed E-state index contributed by atoms with van der Waals surface area (Å²) in [6, 6.07) is 5.87. The number of hydrogen-bond donors (Lipinski definition) is 1. The Morgan fingerprint density at radius 1 is 1.31 bits per heavy atom. The van der Waals surface area contributed by atoms with Crippen LogP contribution < -0.4 is 14.8 Å². The summed E-state index contributed by atoms with van der Waals surface area (Å²) >= 11 is 6.17. The molecule has 0 bridgehead atoms. The Bertz CT molecular complexity index is 857. The first-order chi connectivity index (χ1) is 12.2. The van der Waals surface area contributed by atoms with Crippen molar-refractivity contribution in [2.24, 2.45) is 0 Å². The molecule has 0 fully saturated rings. The van der Waals surface area contributed by atoms with Gasteiger partial charge in [0, 0.05) is 17.3 Å². The molecule has 1 N–H and O–H groups in total. The van der Waals surface area contributed by atoms with Crippen molar-refractivity contribution in [1.29, 1.82) is 0 Å². The summed E-state index contributed by atoms with van der Waals surface area (Å²) in [5, 5.41) is 13.4. The lowest BCUT2D eigenvalue weighted by Crippen LogP contribution is -2.13. The second-order valence-corrected chi connectivity index (χ2v) is 5.94. The van der Waals surface area contributed by atoms with E-state index < -0.39 is 22.3 Å². The van der Waals surface area contributed by atoms with Crippen molar-refractivity contribution in [3.05, 3.63) is 56.8 Å². The van der Waals surface area contributed by atoms with Gasteiger partial charge in [-0.15, -0.1) is 0 Å². The van der Waals surface area contributed by atoms with Gasteiger partial charge in [0.05, 0.1) is 23.2 Å². The van der Waals surface area contributed by atoms with Crippen molar-refractivity contribution in [3.63, 3.8) is 0 Å². The zero-order valence-electron chi connectivity index (χ0n) is 14.2. The Kier molecular flexibility index (Phi) is 5.99. The molecule has 26 heavy (non-hydrogen) atoms. The highest BCUT2D eigenvalue weighted by Crippen LogP contribution is 2.37. The molecular formula is C17H16ClFN2O5. The summed E-state index contributed by atoms with van der Waals surface area (Å²) in [4.78, 5) is 22.3. The average molecular weight is 383 g/mol. The molecular weight excluding hydrogens is 367 g/mol. The Morgan fingerprint density at radius 3 is 2.58 bits per heavy atom. The lowest BCUT2D eigenvalue weighted by molar-refractivity contribution is -0.387. The van der Waals surface area contributed by atoms with Gasteiger partial charge in [-0.05, 0) is 38.1 Å². The quantitative estimate of drug-likeness (QED) is 0.589. The SMILES string of the molecule is COc1cc(C(=O)Nc2ccc(F)c([N+](=O)[O-])c2)cc(Cl)c1OC(C)C. The van der Waals surface area contributed by atoms with E-state index in [0.717, 1.165) is 12.1 Å². The third kappa shape index (κ3) is 4.40. The summed E-state index contributed by atoms with van der Waals surface area (Å²) < 4.78 is 24.2. The van der Waals surface area contributed by atoms with Crippen molar-refractivity contribution < 1.29 is 23.6 Å². The summed E-state index contributed by atoms with van der Waals surface area (Å²) in [5.41, 5.74) is -0.519. The van der Waals surface area contributed by atoms with E-state index in [0.29, 0.717) is 5.75 Å². The van der Waals surface area contributed by atoms with Crippen LogP contribution in [0.5, 0.6) is 11.5 Å². The van der Waals surface area contributed by atoms with Gasteiger partial charge in [-0.2, -0.15) is 4.39 Å². The molecule has 0 aliphatic rings. The lowest BCUT2D eigenvalue weighted by atomic mass is 10.1. The second-order valence-electron chi connectivity index (χ2n) is 5.53. The number of carbonyl (C=O) groups excluding carboxylic acids is 1. The van der Waals surface area contributed by atoms with Crippen LogP contribution in [0, 0.1) is 15.9 Å². The number of nitro benzene ring substituents is 1. The van der Waals surface area contributed by atoms with Gasteiger partial charge in [-0.1, -0.05) is 11.6 Å². The Morgan fingerprint density at radius 2 is 2.00 bits per heavy atom. The standard InChI is InChI=1S/C17H16ClFN2O5/c1-9(2)26-16-12(18)6-10(7-15(16)25-3)17(22)20-11-4-5-13(19)14(8-11)21(23)24/h4-9H,1-3H3,(H,20,22). The van der Waals surface area contributed by atoms with E-state index in [-0.39, 0.29) is 28.1 Å². The molecule has 0 aliphatic carbocycles. The van der Waals surface area contributed by atoms with Gasteiger partial charge in [0.25, 0.3) is 5.91 Å². The molecule has 0 aliphatic heterocycles. The number of amides is 1. The van der Waals surface area contributed by atoms with Crippen LogP contribution in [0.3, 0.4) is 0 Å². The fourth-order valence-electron chi connectivity index (χ4n) is 2.13. The lowest BCUT2D eigenvalue weighted by Gasteiger charge is -2.16. The van der Waals surface area contributed by atoms with Gasteiger partial charge in [0.15, 0.2) is 11.5 Å². The molecule has 0 radical (unpaired) electrons. The largest absolute Gasteiger partial charge is 0.493 e. The third-order valence-corrected chi connectivity index (χ3v) is 3.53. The first-order valence-electron chi connectivity index (χ1n) is 7.52. The minimum Gasteiger partial charge on any atom is -0.493 e. The molecule has 0 atom stereocenters. The fourth-order valence-corrected chi connectivity index (χ4v) is 2.39. The van der Waals surface area contributed by atoms with Crippen LogP contribution in [0.4, 0.5) is 15.8 Å². The van der Waals surface area contributed by atoms with Crippen molar-refractivity contribution in [2.45, 2.75) is 20.0 Å². The van der Waals surface area contributed by atoms with Crippen LogP contribution in [-0.2, 0) is 0 Å². The number of carbonyl (C=O) groups is 1. The Hall–Kier alpha value is -2.87. The summed E-state index contributed by atoms with van der Waals surface area (Å²) in [6.45, 7) is 3.63. The van der Waals surface area contributed by atoms with Crippen LogP contribution in [0.2, 0.25) is 5.02 Å². The van der Waals surface area contributed by atoms with Crippen LogP contribution in [0.25, 0.3) is 0 Å². The van der Waals surface area contributed by atoms with E-state index in [9.17, 15) is 19.3 Å². The first-order valence-corrected chi connectivity index (χ1v) is 7.90. The minimum absolute atomic E-state index is 0.0701. The summed E-state index contributed by atoms with van der Waals surface area (Å²) in [5.74, 6) is -1.02. The van der Waals surface area contributed by atoms with Gasteiger partial charge in [-0.25, -0.2) is 0 Å². The molecule has 9 heteroatoms. The maximum absolute atomic E-state index is 13.4. The second kappa shape index (κ2) is 8.01. The number of halogens is 2. The number of hydrogen-bond acceptors (Lipinski definition) is 5. The highest BCUT2D eigenvalue weighted by Gasteiger charge is 2.19. The van der Waals surface area contributed by atoms with Gasteiger partial charge in [0.2, 0.25) is 5.82 Å². The average Bonchev–Trinajstić information content (AvgIpc) is 2.57. The molecule has 0 aromatic heterocycles. The zero-order valence-corrected chi connectivity index (χ0v) is 15.0. The van der Waals surface area contributed by atoms with E-state index in [2.05, 4.69) is 5.32 Å². The van der Waals surface area contributed by atoms with Crippen molar-refractivity contribution in [1.82, 2.24) is 0 Å². The van der Waals surface area contributed by atoms with Gasteiger partial charge >= 0.3 is 5.69 Å². The zero-order chi connectivity index (χ0) is 19.4. The molecule has 2 aromatic carbocycles. The van der Waals surface area contributed by atoms with Crippen molar-refractivity contribution >= 4 is 28.9 Å². The Balaban J connectivity index is 2.31. The topological polar surface area (TPSA) is 90.7 Å². The van der Waals surface area contributed by atoms with E-state index >= 15 is 0 Å². The van der Waals surface area contributed by atoms with Crippen LogP contribution >= 0.6 is 11.6 Å². The van der Waals surface area contributed by atoms with Crippen LogP contribution in [-0.4, -0.2) is 24.0 Å². The number of anilines is 1. The molecule has 2 rings (SSSR count). The summed E-state index contributed by atoms with van der Waals surface area (Å²) in [6.07, 6.45) is -0.152. The maximum Gasteiger partial charge on any atom is 0.306 e. The number of ether oxygens (including phenoxy) is 2. The molecule has 1 amide bonds. The third-order valence-electron chi connectivity index (χ3n) is 3.25. The van der Waals surface area contributed by atoms with Crippen LogP contribution in [0.15, 0.2) is 30.3 Å². The number of rotatable bonds is 6. The monoisotopic (exact) mass is 382 g/mol. The summed E-state index contributed by atoms with van der Waals surface area (Å²) in [7, 11) is 1.41. The molecule has 2 aromatic rings. The van der Waals surface area contributed by atoms with E-state index in [1.54, 1.807) is 0 Å². The molecule has 0 spiro atoms. The highest BCUT2D eigenvalue weighted by atomic mass is 35.5. The predicted octanol–water partition coefficient (Wildman–Crippen LogP) is 4.44. The first kappa shape index (κ1) is 19.5. The van der Waals surface area contributed by atoms with E-state index in [4.69, 9.17) is 21.1 Å². The smallest absolute Gasteiger partial charge is 0.306 e. The van der Waals surface area contributed by atoms with Gasteiger partial charge in [0.1, 0.15) is 0 Å². The normalized spacial score (nSPS) is 10.5. The molecule has 0 unspecified atom stereocenters. The van der Waals surface area contributed by atoms with Crippen molar-refractivity contribution in [3.8, 4) is 11.5 Å². The molecule has 0 saturated carbocycles. The molecule has 0 heterocycles. The maximum atomic E-state index is 13.4. The number of nitro groups is 1. The number of benzene rings is 2. The van der Waals surface area contributed by atoms with Gasteiger partial charge in [-0.3, -0.25) is 14.9 Å². The fraction of sp³-hybridized carbons (Fsp3) is 0.235. The van der Waals surface area contributed by atoms with Gasteiger partial charge < -0.3 is 14.8 Å². The van der Waals surface area contributed by atoms with Crippen LogP contribution in [0.1, 0.15) is 24.2 Å². The predicted molar refractivity (Wildman–Crippen MR) is 94.8 cm³/mol. The Labute approximate surface area is 153 Å². The van der Waals surface area contributed by atoms with Crippen molar-refractivity contribution in [2.75, 3.05) is 12.4 Å². The molecule has 0 saturated heterocycles. The highest BCUT2D eigenvalue weighted by molar-refractivity contribution is 6.32. The number of nitrogens with one attached hydrogen (secondary N) is 1. The number of nitrogens with zero attached hydrogens (tertiary/aromatic N) is 1. The molecule has 7 nitrogen and oxygen atoms in total. The molecule has 138 valence electrons. The van der Waals surface area contributed by atoms with E-state index in [1.165, 1.54) is 25.3 Å². The van der Waals surface area contributed by atoms with E-state index in [1.807, 2.05) is 13.8 Å².